The minimum atomic E-state index is -6.77. The smallest absolute Gasteiger partial charge is 0.202 e. The van der Waals surface area contributed by atoms with Crippen molar-refractivity contribution in [3.05, 3.63) is 0 Å². The highest BCUT2D eigenvalue weighted by Crippen LogP contribution is 2.43. The van der Waals surface area contributed by atoms with Crippen LogP contribution in [0.4, 0.5) is 26.3 Å². The van der Waals surface area contributed by atoms with Crippen molar-refractivity contribution < 1.29 is 43.2 Å². The monoisotopic (exact) mass is 379 g/mol. The third-order valence-corrected chi connectivity index (χ3v) is 7.45. The van der Waals surface area contributed by atoms with Gasteiger partial charge in [-0.15, -0.1) is 0 Å². The molecular weight excluding hydrogens is 364 g/mol. The summed E-state index contributed by atoms with van der Waals surface area (Å²) in [5.74, 6) is -1.15. The second-order valence-electron chi connectivity index (χ2n) is 4.96. The maximum absolute atomic E-state index is 12.7. The van der Waals surface area contributed by atoms with Crippen molar-refractivity contribution in [2.75, 3.05) is 0 Å². The summed E-state index contributed by atoms with van der Waals surface area (Å²) in [7, 11) is -13.5. The van der Waals surface area contributed by atoms with E-state index in [0.29, 0.717) is 6.92 Å². The summed E-state index contributed by atoms with van der Waals surface area (Å²) >= 11 is 0. The minimum Gasteiger partial charge on any atom is -0.202 e. The van der Waals surface area contributed by atoms with E-state index in [1.54, 1.807) is 0 Å². The van der Waals surface area contributed by atoms with Crippen LogP contribution in [0.5, 0.6) is 0 Å². The van der Waals surface area contributed by atoms with E-state index in [2.05, 4.69) is 0 Å². The number of alkyl halides is 6. The Hall–Kier alpha value is -0.560. The lowest BCUT2D eigenvalue weighted by molar-refractivity contribution is -0.0581. The van der Waals surface area contributed by atoms with Gasteiger partial charge in [0.05, 0.1) is 5.54 Å². The second-order valence-corrected chi connectivity index (χ2v) is 8.75. The predicted octanol–water partition coefficient (Wildman–Crippen LogP) is 2.81. The quantitative estimate of drug-likeness (QED) is 0.689. The highest BCUT2D eigenvalue weighted by molar-refractivity contribution is 8.04. The predicted molar refractivity (Wildman–Crippen MR) is 65.3 cm³/mol. The molecule has 0 aliphatic heterocycles. The summed E-state index contributed by atoms with van der Waals surface area (Å²) < 4.78 is 120. The number of sulfonamides is 2. The van der Waals surface area contributed by atoms with Crippen molar-refractivity contribution >= 4 is 20.0 Å². The Bertz CT molecular complexity index is 563. The Labute approximate surface area is 124 Å². The topological polar surface area (TPSA) is 71.5 Å². The molecule has 0 bridgehead atoms. The highest BCUT2D eigenvalue weighted by Gasteiger charge is 2.66. The van der Waals surface area contributed by atoms with E-state index in [1.807, 2.05) is 0 Å². The molecule has 1 unspecified atom stereocenters. The zero-order valence-corrected chi connectivity index (χ0v) is 13.6. The molecule has 0 saturated heterocycles. The zero-order chi connectivity index (χ0) is 18.4. The fraction of sp³-hybridized carbons (Fsp3) is 1.00. The van der Waals surface area contributed by atoms with Crippen molar-refractivity contribution in [2.45, 2.75) is 50.7 Å². The van der Waals surface area contributed by atoms with Crippen LogP contribution >= 0.6 is 0 Å². The van der Waals surface area contributed by atoms with Crippen LogP contribution in [0, 0.1) is 5.92 Å². The van der Waals surface area contributed by atoms with Crippen LogP contribution in [0.25, 0.3) is 0 Å². The Balaban J connectivity index is 6.81. The molecule has 0 aliphatic rings. The molecule has 0 heterocycles. The average molecular weight is 379 g/mol. The largest absolute Gasteiger partial charge is 0.512 e. The average Bonchev–Trinajstić information content (AvgIpc) is 2.24. The summed E-state index contributed by atoms with van der Waals surface area (Å²) in [5, 5.41) is 0. The van der Waals surface area contributed by atoms with E-state index in [9.17, 15) is 43.2 Å². The van der Waals surface area contributed by atoms with Crippen molar-refractivity contribution in [3.63, 3.8) is 0 Å². The van der Waals surface area contributed by atoms with Gasteiger partial charge in [-0.25, -0.2) is 16.8 Å². The number of nitrogens with zero attached hydrogens (tertiary/aromatic N) is 1. The number of hydrogen-bond acceptors (Lipinski definition) is 4. The maximum Gasteiger partial charge on any atom is 0.512 e. The SMILES string of the molecule is CCC(C)(C(C)C)N(S(=O)(=O)C(F)(F)F)S(=O)(=O)C(F)(F)F. The molecule has 0 N–H and O–H groups in total. The number of halogens is 6. The first-order valence-electron chi connectivity index (χ1n) is 5.80. The van der Waals surface area contributed by atoms with Gasteiger partial charge in [0, 0.05) is 0 Å². The van der Waals surface area contributed by atoms with Gasteiger partial charge in [0.25, 0.3) is 0 Å². The first-order valence-corrected chi connectivity index (χ1v) is 8.68. The second kappa shape index (κ2) is 5.82. The molecule has 0 radical (unpaired) electrons. The van der Waals surface area contributed by atoms with Crippen molar-refractivity contribution in [3.8, 4) is 0 Å². The normalized spacial score (nSPS) is 17.8. The van der Waals surface area contributed by atoms with E-state index >= 15 is 0 Å². The van der Waals surface area contributed by atoms with Crippen molar-refractivity contribution in [2.24, 2.45) is 5.92 Å². The van der Waals surface area contributed by atoms with Crippen molar-refractivity contribution in [1.82, 2.24) is 3.71 Å². The molecule has 0 aliphatic carbocycles. The van der Waals surface area contributed by atoms with Gasteiger partial charge in [0.2, 0.25) is 0 Å². The van der Waals surface area contributed by atoms with Gasteiger partial charge in [-0.05, 0) is 19.3 Å². The van der Waals surface area contributed by atoms with Crippen molar-refractivity contribution in [1.29, 1.82) is 0 Å². The molecule has 0 aromatic heterocycles. The van der Waals surface area contributed by atoms with Crippen LogP contribution in [0.3, 0.4) is 0 Å². The Morgan fingerprint density at radius 3 is 1.27 bits per heavy atom. The van der Waals surface area contributed by atoms with Crippen LogP contribution in [-0.2, 0) is 20.0 Å². The first kappa shape index (κ1) is 21.4. The number of hydrogen-bond donors (Lipinski definition) is 0. The summed E-state index contributed by atoms with van der Waals surface area (Å²) in [6.07, 6.45) is -0.588. The van der Waals surface area contributed by atoms with Gasteiger partial charge in [0.1, 0.15) is 0 Å². The summed E-state index contributed by atoms with van der Waals surface area (Å²) in [5.41, 5.74) is -14.8. The molecule has 0 spiro atoms. The van der Waals surface area contributed by atoms with Crippen LogP contribution in [0.15, 0.2) is 0 Å². The van der Waals surface area contributed by atoms with Gasteiger partial charge >= 0.3 is 31.1 Å². The van der Waals surface area contributed by atoms with Gasteiger partial charge in [-0.1, -0.05) is 24.5 Å². The Morgan fingerprint density at radius 1 is 0.864 bits per heavy atom. The molecule has 0 amide bonds. The van der Waals surface area contributed by atoms with Gasteiger partial charge < -0.3 is 0 Å². The lowest BCUT2D eigenvalue weighted by atomic mass is 9.87. The Kier molecular flexibility index (Phi) is 5.67. The molecule has 5 nitrogen and oxygen atoms in total. The maximum atomic E-state index is 12.7. The third kappa shape index (κ3) is 3.35. The first-order chi connectivity index (χ1) is 9.37. The molecule has 0 aromatic carbocycles. The van der Waals surface area contributed by atoms with E-state index < -0.39 is 52.7 Å². The third-order valence-electron chi connectivity index (χ3n) is 3.40. The minimum absolute atomic E-state index is 0.588. The molecule has 0 rings (SSSR count). The van der Waals surface area contributed by atoms with Crippen LogP contribution < -0.4 is 0 Å². The van der Waals surface area contributed by atoms with Crippen LogP contribution in [-0.4, -0.2) is 37.1 Å². The van der Waals surface area contributed by atoms with Crippen LogP contribution in [0.2, 0.25) is 0 Å². The Morgan fingerprint density at radius 2 is 1.14 bits per heavy atom. The van der Waals surface area contributed by atoms with E-state index in [4.69, 9.17) is 0 Å². The summed E-state index contributed by atoms with van der Waals surface area (Å²) in [6, 6.07) is 0. The zero-order valence-electron chi connectivity index (χ0n) is 11.9. The molecule has 0 saturated carbocycles. The summed E-state index contributed by atoms with van der Waals surface area (Å²) in [4.78, 5) is 0. The molecule has 13 heteroatoms. The van der Waals surface area contributed by atoms with Gasteiger partial charge in [-0.2, -0.15) is 26.3 Å². The molecule has 134 valence electrons. The van der Waals surface area contributed by atoms with Gasteiger partial charge in [0.15, 0.2) is 0 Å². The lowest BCUT2D eigenvalue weighted by Crippen LogP contribution is -2.61. The van der Waals surface area contributed by atoms with E-state index in [1.165, 1.54) is 0 Å². The number of rotatable bonds is 5. The van der Waals surface area contributed by atoms with E-state index in [0.717, 1.165) is 20.8 Å². The van der Waals surface area contributed by atoms with E-state index in [-0.39, 0.29) is 0 Å². The lowest BCUT2D eigenvalue weighted by Gasteiger charge is -2.41. The van der Waals surface area contributed by atoms with Crippen LogP contribution in [0.1, 0.15) is 34.1 Å². The fourth-order valence-corrected chi connectivity index (χ4v) is 5.31. The fourth-order valence-electron chi connectivity index (χ4n) is 1.61. The molecular formula is C9H15F6NO4S2. The molecule has 0 fully saturated rings. The summed E-state index contributed by atoms with van der Waals surface area (Å²) in [6.45, 7) is 4.04. The molecule has 1 atom stereocenters. The molecule has 0 aromatic rings. The van der Waals surface area contributed by atoms with Gasteiger partial charge in [-0.3, -0.25) is 0 Å². The standard InChI is InChI=1S/C9H15F6NO4S2/c1-5-7(4,6(2)3)16(21(17,18)8(10,11)12)22(19,20)9(13,14)15/h6H,5H2,1-4H3. The molecule has 22 heavy (non-hydrogen) atoms. The highest BCUT2D eigenvalue weighted by atomic mass is 32.3.